The number of aliphatic hydroxyl groups excluding tert-OH is 1. The molecule has 0 unspecified atom stereocenters. The quantitative estimate of drug-likeness (QED) is 0.893. The Bertz CT molecular complexity index is 578. The minimum Gasteiger partial charge on any atom is -0.390 e. The average Bonchev–Trinajstić information content (AvgIpc) is 2.70. The van der Waals surface area contributed by atoms with Gasteiger partial charge in [-0.25, -0.2) is 4.98 Å². The fraction of sp³-hybridized carbons (Fsp3) is 0.231. The SMILES string of the molecule is CC(=O)Nc1cccc(-c2nc(CO)c(C)s2)c1. The number of benzene rings is 1. The average molecular weight is 262 g/mol. The van der Waals surface area contributed by atoms with Gasteiger partial charge < -0.3 is 10.4 Å². The molecule has 94 valence electrons. The minimum absolute atomic E-state index is 0.0479. The topological polar surface area (TPSA) is 62.2 Å². The molecular formula is C13H14N2O2S. The molecule has 0 bridgehead atoms. The Morgan fingerprint density at radius 3 is 2.89 bits per heavy atom. The fourth-order valence-corrected chi connectivity index (χ4v) is 2.55. The zero-order valence-electron chi connectivity index (χ0n) is 10.2. The maximum Gasteiger partial charge on any atom is 0.221 e. The number of rotatable bonds is 3. The van der Waals surface area contributed by atoms with Gasteiger partial charge in [-0.05, 0) is 19.1 Å². The first-order valence-electron chi connectivity index (χ1n) is 5.55. The summed E-state index contributed by atoms with van der Waals surface area (Å²) in [5.74, 6) is -0.0986. The van der Waals surface area contributed by atoms with Crippen molar-refractivity contribution < 1.29 is 9.90 Å². The second kappa shape index (κ2) is 5.29. The minimum atomic E-state index is -0.0986. The highest BCUT2D eigenvalue weighted by Crippen LogP contribution is 2.29. The zero-order valence-corrected chi connectivity index (χ0v) is 11.0. The number of nitrogens with zero attached hydrogens (tertiary/aromatic N) is 1. The zero-order chi connectivity index (χ0) is 13.1. The summed E-state index contributed by atoms with van der Waals surface area (Å²) in [7, 11) is 0. The first-order valence-corrected chi connectivity index (χ1v) is 6.37. The Morgan fingerprint density at radius 2 is 2.28 bits per heavy atom. The molecule has 0 aliphatic rings. The van der Waals surface area contributed by atoms with E-state index in [0.29, 0.717) is 5.69 Å². The van der Waals surface area contributed by atoms with Gasteiger partial charge in [-0.2, -0.15) is 0 Å². The van der Waals surface area contributed by atoms with Crippen LogP contribution >= 0.6 is 11.3 Å². The lowest BCUT2D eigenvalue weighted by Crippen LogP contribution is -2.05. The van der Waals surface area contributed by atoms with Crippen molar-refractivity contribution in [3.05, 3.63) is 34.8 Å². The number of carbonyl (C=O) groups is 1. The van der Waals surface area contributed by atoms with Crippen molar-refractivity contribution in [3.8, 4) is 10.6 Å². The number of hydrogen-bond acceptors (Lipinski definition) is 4. The van der Waals surface area contributed by atoms with Crippen LogP contribution in [-0.4, -0.2) is 16.0 Å². The van der Waals surface area contributed by atoms with Crippen LogP contribution in [0.3, 0.4) is 0 Å². The molecule has 1 aromatic heterocycles. The Morgan fingerprint density at radius 1 is 1.50 bits per heavy atom. The van der Waals surface area contributed by atoms with Crippen LogP contribution in [-0.2, 0) is 11.4 Å². The maximum atomic E-state index is 11.0. The summed E-state index contributed by atoms with van der Waals surface area (Å²) in [4.78, 5) is 16.4. The van der Waals surface area contributed by atoms with Gasteiger partial charge in [-0.15, -0.1) is 11.3 Å². The summed E-state index contributed by atoms with van der Waals surface area (Å²) in [6.45, 7) is 3.36. The number of anilines is 1. The Balaban J connectivity index is 2.34. The molecule has 0 aliphatic heterocycles. The van der Waals surface area contributed by atoms with Gasteiger partial charge >= 0.3 is 0 Å². The van der Waals surface area contributed by atoms with Gasteiger partial charge in [0.25, 0.3) is 0 Å². The molecule has 0 saturated heterocycles. The Kier molecular flexibility index (Phi) is 3.74. The second-order valence-corrected chi connectivity index (χ2v) is 5.15. The monoisotopic (exact) mass is 262 g/mol. The molecule has 2 rings (SSSR count). The third kappa shape index (κ3) is 2.75. The summed E-state index contributed by atoms with van der Waals surface area (Å²) >= 11 is 1.54. The summed E-state index contributed by atoms with van der Waals surface area (Å²) < 4.78 is 0. The van der Waals surface area contributed by atoms with Crippen LogP contribution in [0.2, 0.25) is 0 Å². The van der Waals surface area contributed by atoms with Crippen LogP contribution in [0.25, 0.3) is 10.6 Å². The van der Waals surface area contributed by atoms with Crippen molar-refractivity contribution in [2.24, 2.45) is 0 Å². The standard InChI is InChI=1S/C13H14N2O2S/c1-8-12(7-16)15-13(18-8)10-4-3-5-11(6-10)14-9(2)17/h3-6,16H,7H2,1-2H3,(H,14,17). The van der Waals surface area contributed by atoms with E-state index in [1.54, 1.807) is 0 Å². The van der Waals surface area contributed by atoms with Crippen molar-refractivity contribution in [1.82, 2.24) is 4.98 Å². The molecule has 0 fully saturated rings. The molecule has 5 heteroatoms. The van der Waals surface area contributed by atoms with Gasteiger partial charge in [-0.1, -0.05) is 12.1 Å². The van der Waals surface area contributed by atoms with Crippen molar-refractivity contribution >= 4 is 22.9 Å². The van der Waals surface area contributed by atoms with Crippen LogP contribution in [0, 0.1) is 6.92 Å². The summed E-state index contributed by atoms with van der Waals surface area (Å²) in [6, 6.07) is 7.51. The fourth-order valence-electron chi connectivity index (χ4n) is 1.63. The number of aryl methyl sites for hydroxylation is 1. The van der Waals surface area contributed by atoms with Crippen molar-refractivity contribution in [2.75, 3.05) is 5.32 Å². The summed E-state index contributed by atoms with van der Waals surface area (Å²) in [5.41, 5.74) is 2.40. The molecule has 2 aromatic rings. The molecule has 18 heavy (non-hydrogen) atoms. The highest BCUT2D eigenvalue weighted by Gasteiger charge is 2.09. The van der Waals surface area contributed by atoms with Crippen LogP contribution in [0.5, 0.6) is 0 Å². The molecule has 0 atom stereocenters. The van der Waals surface area contributed by atoms with Gasteiger partial charge in [0.1, 0.15) is 5.01 Å². The lowest BCUT2D eigenvalue weighted by Gasteiger charge is -2.03. The molecule has 1 heterocycles. The van der Waals surface area contributed by atoms with E-state index in [9.17, 15) is 4.79 Å². The Hall–Kier alpha value is -1.72. The molecule has 4 nitrogen and oxygen atoms in total. The van der Waals surface area contributed by atoms with E-state index in [1.807, 2.05) is 31.2 Å². The van der Waals surface area contributed by atoms with Gasteiger partial charge in [-0.3, -0.25) is 4.79 Å². The van der Waals surface area contributed by atoms with E-state index >= 15 is 0 Å². The van der Waals surface area contributed by atoms with Crippen LogP contribution in [0.1, 0.15) is 17.5 Å². The normalized spacial score (nSPS) is 10.4. The van der Waals surface area contributed by atoms with Crippen molar-refractivity contribution in [3.63, 3.8) is 0 Å². The lowest BCUT2D eigenvalue weighted by molar-refractivity contribution is -0.114. The van der Waals surface area contributed by atoms with Gasteiger partial charge in [0.2, 0.25) is 5.91 Å². The Labute approximate surface area is 109 Å². The maximum absolute atomic E-state index is 11.0. The van der Waals surface area contributed by atoms with Crippen molar-refractivity contribution in [1.29, 1.82) is 0 Å². The molecule has 0 radical (unpaired) electrons. The van der Waals surface area contributed by atoms with Crippen molar-refractivity contribution in [2.45, 2.75) is 20.5 Å². The molecule has 2 N–H and O–H groups in total. The molecule has 0 aliphatic carbocycles. The predicted molar refractivity (Wildman–Crippen MR) is 72.5 cm³/mol. The molecule has 1 amide bonds. The van der Waals surface area contributed by atoms with E-state index in [4.69, 9.17) is 5.11 Å². The molecule has 0 saturated carbocycles. The van der Waals surface area contributed by atoms with Gasteiger partial charge in [0, 0.05) is 23.1 Å². The number of hydrogen-bond donors (Lipinski definition) is 2. The van der Waals surface area contributed by atoms with Crippen LogP contribution in [0.4, 0.5) is 5.69 Å². The van der Waals surface area contributed by atoms with Crippen LogP contribution < -0.4 is 5.32 Å². The number of aromatic nitrogens is 1. The lowest BCUT2D eigenvalue weighted by atomic mass is 10.2. The number of aliphatic hydroxyl groups is 1. The number of nitrogens with one attached hydrogen (secondary N) is 1. The third-order valence-electron chi connectivity index (χ3n) is 2.47. The summed E-state index contributed by atoms with van der Waals surface area (Å²) in [5, 5.41) is 12.7. The number of thiazole rings is 1. The molecule has 0 spiro atoms. The predicted octanol–water partition coefficient (Wildman–Crippen LogP) is 2.57. The number of amides is 1. The van der Waals surface area contributed by atoms with Gasteiger partial charge in [0.15, 0.2) is 0 Å². The first kappa shape index (κ1) is 12.7. The first-order chi connectivity index (χ1) is 8.60. The van der Waals surface area contributed by atoms with E-state index in [1.165, 1.54) is 18.3 Å². The highest BCUT2D eigenvalue weighted by molar-refractivity contribution is 7.15. The highest BCUT2D eigenvalue weighted by atomic mass is 32.1. The van der Waals surface area contributed by atoms with E-state index < -0.39 is 0 Å². The molecular weight excluding hydrogens is 248 g/mol. The second-order valence-electron chi connectivity index (χ2n) is 3.94. The number of carbonyl (C=O) groups excluding carboxylic acids is 1. The summed E-state index contributed by atoms with van der Waals surface area (Å²) in [6.07, 6.45) is 0. The smallest absolute Gasteiger partial charge is 0.221 e. The van der Waals surface area contributed by atoms with E-state index in [2.05, 4.69) is 10.3 Å². The third-order valence-corrected chi connectivity index (χ3v) is 3.53. The molecule has 1 aromatic carbocycles. The van der Waals surface area contributed by atoms with Crippen LogP contribution in [0.15, 0.2) is 24.3 Å². The van der Waals surface area contributed by atoms with E-state index in [-0.39, 0.29) is 12.5 Å². The van der Waals surface area contributed by atoms with Gasteiger partial charge in [0.05, 0.1) is 12.3 Å². The van der Waals surface area contributed by atoms with E-state index in [0.717, 1.165) is 21.1 Å². The largest absolute Gasteiger partial charge is 0.390 e.